The van der Waals surface area contributed by atoms with E-state index in [1.165, 1.54) is 11.4 Å². The number of nitrogens with two attached hydrogens (primary N) is 1. The molecule has 94 valence electrons. The average Bonchev–Trinajstić information content (AvgIpc) is 2.45. The molecule has 0 radical (unpaired) electrons. The van der Waals surface area contributed by atoms with Gasteiger partial charge in [-0.1, -0.05) is 11.6 Å². The number of anilines is 2. The van der Waals surface area contributed by atoms with Crippen molar-refractivity contribution >= 4 is 23.0 Å². The number of rotatable bonds is 2. The molecule has 0 fully saturated rings. The third-order valence-electron chi connectivity index (χ3n) is 3.39. The zero-order chi connectivity index (χ0) is 12.4. The molecule has 0 amide bonds. The van der Waals surface area contributed by atoms with Gasteiger partial charge in [0.25, 0.3) is 0 Å². The standard InChI is InChI=1S/C13H20ClN3/c1-10-11(14)4-5-12-13(10)16(2)7-3-8-17(12)9-6-15/h4-5H,3,6-9,15H2,1-2H3. The van der Waals surface area contributed by atoms with E-state index in [1.807, 2.05) is 6.07 Å². The van der Waals surface area contributed by atoms with Gasteiger partial charge in [0.05, 0.1) is 11.4 Å². The van der Waals surface area contributed by atoms with Crippen LogP contribution in [0.5, 0.6) is 0 Å². The molecule has 0 spiro atoms. The maximum Gasteiger partial charge on any atom is 0.0646 e. The summed E-state index contributed by atoms with van der Waals surface area (Å²) < 4.78 is 0. The molecule has 0 unspecified atom stereocenters. The molecule has 1 aliphatic rings. The van der Waals surface area contributed by atoms with E-state index in [1.54, 1.807) is 0 Å². The van der Waals surface area contributed by atoms with Crippen molar-refractivity contribution in [2.75, 3.05) is 43.0 Å². The van der Waals surface area contributed by atoms with E-state index in [2.05, 4.69) is 29.8 Å². The minimum Gasteiger partial charge on any atom is -0.373 e. The van der Waals surface area contributed by atoms with Gasteiger partial charge in [-0.15, -0.1) is 0 Å². The van der Waals surface area contributed by atoms with E-state index in [-0.39, 0.29) is 0 Å². The average molecular weight is 254 g/mol. The molecular formula is C13H20ClN3. The number of nitrogens with zero attached hydrogens (tertiary/aromatic N) is 2. The molecule has 1 aromatic rings. The minimum absolute atomic E-state index is 0.685. The second kappa shape index (κ2) is 5.15. The maximum absolute atomic E-state index is 6.22. The monoisotopic (exact) mass is 253 g/mol. The first kappa shape index (κ1) is 12.5. The Morgan fingerprint density at radius 2 is 2.12 bits per heavy atom. The Morgan fingerprint density at radius 1 is 1.35 bits per heavy atom. The van der Waals surface area contributed by atoms with Crippen LogP contribution in [0.3, 0.4) is 0 Å². The third kappa shape index (κ3) is 2.35. The normalized spacial score (nSPS) is 15.8. The van der Waals surface area contributed by atoms with Gasteiger partial charge in [-0.3, -0.25) is 0 Å². The first-order valence-electron chi connectivity index (χ1n) is 6.10. The van der Waals surface area contributed by atoms with Crippen LogP contribution in [0.1, 0.15) is 12.0 Å². The summed E-state index contributed by atoms with van der Waals surface area (Å²) in [6.07, 6.45) is 1.15. The fourth-order valence-corrected chi connectivity index (χ4v) is 2.67. The Labute approximate surface area is 108 Å². The summed E-state index contributed by atoms with van der Waals surface area (Å²) in [6, 6.07) is 4.10. The predicted octanol–water partition coefficient (Wildman–Crippen LogP) is 2.25. The number of halogens is 1. The Bertz CT molecular complexity index is 406. The van der Waals surface area contributed by atoms with Gasteiger partial charge in [-0.25, -0.2) is 0 Å². The van der Waals surface area contributed by atoms with Crippen LogP contribution in [0.2, 0.25) is 5.02 Å². The van der Waals surface area contributed by atoms with E-state index in [0.717, 1.165) is 36.6 Å². The van der Waals surface area contributed by atoms with E-state index in [9.17, 15) is 0 Å². The Balaban J connectivity index is 2.49. The van der Waals surface area contributed by atoms with Crippen LogP contribution >= 0.6 is 11.6 Å². The second-order valence-electron chi connectivity index (χ2n) is 4.59. The SMILES string of the molecule is Cc1c(Cl)ccc2c1N(C)CCCN2CCN. The summed E-state index contributed by atoms with van der Waals surface area (Å²) in [5.41, 5.74) is 9.37. The van der Waals surface area contributed by atoms with Crippen molar-refractivity contribution in [3.8, 4) is 0 Å². The van der Waals surface area contributed by atoms with Crippen molar-refractivity contribution in [1.29, 1.82) is 0 Å². The lowest BCUT2D eigenvalue weighted by Crippen LogP contribution is -2.29. The second-order valence-corrected chi connectivity index (χ2v) is 5.00. The summed E-state index contributed by atoms with van der Waals surface area (Å²) >= 11 is 6.22. The molecule has 0 saturated heterocycles. The van der Waals surface area contributed by atoms with E-state index in [4.69, 9.17) is 17.3 Å². The molecule has 4 heteroatoms. The van der Waals surface area contributed by atoms with Gasteiger partial charge in [0.2, 0.25) is 0 Å². The highest BCUT2D eigenvalue weighted by Gasteiger charge is 2.20. The molecule has 2 N–H and O–H groups in total. The summed E-state index contributed by atoms with van der Waals surface area (Å²) in [5, 5.41) is 0.838. The summed E-state index contributed by atoms with van der Waals surface area (Å²) in [7, 11) is 2.13. The molecular weight excluding hydrogens is 234 g/mol. The van der Waals surface area contributed by atoms with Crippen LogP contribution in [0.25, 0.3) is 0 Å². The summed E-state index contributed by atoms with van der Waals surface area (Å²) in [5.74, 6) is 0. The minimum atomic E-state index is 0.685. The highest BCUT2D eigenvalue weighted by atomic mass is 35.5. The molecule has 0 bridgehead atoms. The molecule has 1 aromatic carbocycles. The highest BCUT2D eigenvalue weighted by Crippen LogP contribution is 2.37. The molecule has 0 saturated carbocycles. The first-order chi connectivity index (χ1) is 8.15. The van der Waals surface area contributed by atoms with Crippen LogP contribution in [0.15, 0.2) is 12.1 Å². The van der Waals surface area contributed by atoms with Gasteiger partial charge in [-0.05, 0) is 31.0 Å². The topological polar surface area (TPSA) is 32.5 Å². The molecule has 1 heterocycles. The van der Waals surface area contributed by atoms with Crippen molar-refractivity contribution in [3.05, 3.63) is 22.7 Å². The van der Waals surface area contributed by atoms with Crippen LogP contribution in [0, 0.1) is 6.92 Å². The van der Waals surface area contributed by atoms with Crippen molar-refractivity contribution in [2.45, 2.75) is 13.3 Å². The van der Waals surface area contributed by atoms with Crippen LogP contribution < -0.4 is 15.5 Å². The zero-order valence-electron chi connectivity index (χ0n) is 10.5. The van der Waals surface area contributed by atoms with Gasteiger partial charge in [0, 0.05) is 38.2 Å². The molecule has 3 nitrogen and oxygen atoms in total. The van der Waals surface area contributed by atoms with Crippen molar-refractivity contribution < 1.29 is 0 Å². The Morgan fingerprint density at radius 3 is 2.82 bits per heavy atom. The number of hydrogen-bond acceptors (Lipinski definition) is 3. The lowest BCUT2D eigenvalue weighted by atomic mass is 10.1. The summed E-state index contributed by atoms with van der Waals surface area (Å²) in [4.78, 5) is 4.66. The Kier molecular flexibility index (Phi) is 3.79. The predicted molar refractivity (Wildman–Crippen MR) is 75.3 cm³/mol. The van der Waals surface area contributed by atoms with Gasteiger partial charge in [0.1, 0.15) is 0 Å². The van der Waals surface area contributed by atoms with Crippen molar-refractivity contribution in [2.24, 2.45) is 5.73 Å². The van der Waals surface area contributed by atoms with Gasteiger partial charge in [0.15, 0.2) is 0 Å². The molecule has 1 aliphatic heterocycles. The van der Waals surface area contributed by atoms with E-state index < -0.39 is 0 Å². The molecule has 0 atom stereocenters. The van der Waals surface area contributed by atoms with Crippen LogP contribution in [-0.2, 0) is 0 Å². The van der Waals surface area contributed by atoms with E-state index in [0.29, 0.717) is 6.54 Å². The Hall–Kier alpha value is -0.930. The van der Waals surface area contributed by atoms with Gasteiger partial charge < -0.3 is 15.5 Å². The zero-order valence-corrected chi connectivity index (χ0v) is 11.3. The van der Waals surface area contributed by atoms with Gasteiger partial charge >= 0.3 is 0 Å². The summed E-state index contributed by atoms with van der Waals surface area (Å²) in [6.45, 7) is 5.81. The lowest BCUT2D eigenvalue weighted by molar-refractivity contribution is 0.741. The van der Waals surface area contributed by atoms with Crippen LogP contribution in [-0.4, -0.2) is 33.2 Å². The fourth-order valence-electron chi connectivity index (χ4n) is 2.52. The quantitative estimate of drug-likeness (QED) is 0.878. The maximum atomic E-state index is 6.22. The fraction of sp³-hybridized carbons (Fsp3) is 0.538. The largest absolute Gasteiger partial charge is 0.373 e. The lowest BCUT2D eigenvalue weighted by Gasteiger charge is -2.27. The van der Waals surface area contributed by atoms with E-state index >= 15 is 0 Å². The molecule has 2 rings (SSSR count). The number of fused-ring (bicyclic) bond motifs is 1. The van der Waals surface area contributed by atoms with Crippen molar-refractivity contribution in [1.82, 2.24) is 0 Å². The molecule has 0 aromatic heterocycles. The highest BCUT2D eigenvalue weighted by molar-refractivity contribution is 6.32. The third-order valence-corrected chi connectivity index (χ3v) is 3.80. The first-order valence-corrected chi connectivity index (χ1v) is 6.48. The molecule has 17 heavy (non-hydrogen) atoms. The van der Waals surface area contributed by atoms with Crippen molar-refractivity contribution in [3.63, 3.8) is 0 Å². The molecule has 0 aliphatic carbocycles. The number of hydrogen-bond donors (Lipinski definition) is 1. The smallest absolute Gasteiger partial charge is 0.0646 e. The van der Waals surface area contributed by atoms with Gasteiger partial charge in [-0.2, -0.15) is 0 Å². The number of benzene rings is 1. The van der Waals surface area contributed by atoms with Crippen LogP contribution in [0.4, 0.5) is 11.4 Å².